The maximum atomic E-state index is 13.1. The van der Waals surface area contributed by atoms with Gasteiger partial charge in [0.15, 0.2) is 0 Å². The Labute approximate surface area is 146 Å². The van der Waals surface area contributed by atoms with Gasteiger partial charge in [-0.25, -0.2) is 9.97 Å². The van der Waals surface area contributed by atoms with Gasteiger partial charge < -0.3 is 10.6 Å². The monoisotopic (exact) mass is 330 g/mol. The summed E-state index contributed by atoms with van der Waals surface area (Å²) in [5, 5.41) is 0. The zero-order valence-electron chi connectivity index (χ0n) is 13.9. The number of carbonyl (C=O) groups excluding carboxylic acids is 1. The number of nitrogens with two attached hydrogens (primary N) is 1. The highest BCUT2D eigenvalue weighted by atomic mass is 16.2. The van der Waals surface area contributed by atoms with Crippen molar-refractivity contribution in [3.8, 4) is 11.3 Å². The fourth-order valence-electron chi connectivity index (χ4n) is 3.17. The standard InChI is InChI=1S/C20H18N4O/c1-13-22-12-15-10-11-24(20(25)14-6-8-16(21)9-7-14)18-5-3-2-4-17(18)19(15)23-13/h2-9,12H,10-11,21H2,1H3. The summed E-state index contributed by atoms with van der Waals surface area (Å²) in [7, 11) is 0. The number of aryl methyl sites for hydroxylation is 1. The fraction of sp³-hybridized carbons (Fsp3) is 0.150. The van der Waals surface area contributed by atoms with Crippen LogP contribution in [-0.4, -0.2) is 22.4 Å². The summed E-state index contributed by atoms with van der Waals surface area (Å²) in [4.78, 5) is 23.9. The molecule has 1 aliphatic heterocycles. The predicted molar refractivity (Wildman–Crippen MR) is 98.4 cm³/mol. The lowest BCUT2D eigenvalue weighted by atomic mass is 10.0. The van der Waals surface area contributed by atoms with Crippen molar-refractivity contribution in [3.63, 3.8) is 0 Å². The van der Waals surface area contributed by atoms with Crippen LogP contribution in [0.2, 0.25) is 0 Å². The van der Waals surface area contributed by atoms with Crippen molar-refractivity contribution < 1.29 is 4.79 Å². The minimum Gasteiger partial charge on any atom is -0.399 e. The second-order valence-electron chi connectivity index (χ2n) is 6.14. The number of para-hydroxylation sites is 1. The molecular formula is C20H18N4O. The Kier molecular flexibility index (Phi) is 3.69. The number of hydrogen-bond donors (Lipinski definition) is 1. The normalized spacial score (nSPS) is 12.9. The lowest BCUT2D eigenvalue weighted by Gasteiger charge is -2.23. The Bertz CT molecular complexity index is 950. The number of nitrogens with zero attached hydrogens (tertiary/aromatic N) is 3. The van der Waals surface area contributed by atoms with E-state index in [9.17, 15) is 4.79 Å². The van der Waals surface area contributed by atoms with Gasteiger partial charge in [0.2, 0.25) is 0 Å². The Morgan fingerprint density at radius 1 is 1.12 bits per heavy atom. The first kappa shape index (κ1) is 15.3. The predicted octanol–water partition coefficient (Wildman–Crippen LogP) is 3.24. The van der Waals surface area contributed by atoms with Crippen molar-refractivity contribution in [2.45, 2.75) is 13.3 Å². The quantitative estimate of drug-likeness (QED) is 0.695. The topological polar surface area (TPSA) is 72.1 Å². The van der Waals surface area contributed by atoms with Gasteiger partial charge in [-0.1, -0.05) is 18.2 Å². The molecular weight excluding hydrogens is 312 g/mol. The van der Waals surface area contributed by atoms with Crippen molar-refractivity contribution in [1.82, 2.24) is 9.97 Å². The van der Waals surface area contributed by atoms with E-state index in [-0.39, 0.29) is 5.91 Å². The second-order valence-corrected chi connectivity index (χ2v) is 6.14. The van der Waals surface area contributed by atoms with Gasteiger partial charge in [0.05, 0.1) is 11.4 Å². The van der Waals surface area contributed by atoms with Gasteiger partial charge in [0, 0.05) is 29.6 Å². The average molecular weight is 330 g/mol. The van der Waals surface area contributed by atoms with Crippen molar-refractivity contribution in [2.75, 3.05) is 17.2 Å². The lowest BCUT2D eigenvalue weighted by molar-refractivity contribution is 0.0987. The summed E-state index contributed by atoms with van der Waals surface area (Å²) in [5.41, 5.74) is 10.8. The molecule has 2 heterocycles. The number of anilines is 2. The molecule has 0 saturated heterocycles. The van der Waals surface area contributed by atoms with Gasteiger partial charge in [0.25, 0.3) is 5.91 Å². The third-order valence-electron chi connectivity index (χ3n) is 4.44. The molecule has 4 rings (SSSR count). The number of carbonyl (C=O) groups is 1. The summed E-state index contributed by atoms with van der Waals surface area (Å²) in [6, 6.07) is 14.9. The molecule has 2 N–H and O–H groups in total. The van der Waals surface area contributed by atoms with Gasteiger partial charge >= 0.3 is 0 Å². The number of nitrogen functional groups attached to an aromatic ring is 1. The van der Waals surface area contributed by atoms with Gasteiger partial charge in [0.1, 0.15) is 5.82 Å². The van der Waals surface area contributed by atoms with E-state index < -0.39 is 0 Å². The molecule has 25 heavy (non-hydrogen) atoms. The van der Waals surface area contributed by atoms with Gasteiger partial charge in [-0.3, -0.25) is 4.79 Å². The number of hydrogen-bond acceptors (Lipinski definition) is 4. The Balaban J connectivity index is 1.82. The van der Waals surface area contributed by atoms with E-state index in [2.05, 4.69) is 9.97 Å². The highest BCUT2D eigenvalue weighted by Gasteiger charge is 2.25. The smallest absolute Gasteiger partial charge is 0.258 e. The average Bonchev–Trinajstić information content (AvgIpc) is 2.79. The number of aromatic nitrogens is 2. The summed E-state index contributed by atoms with van der Waals surface area (Å²) in [6.07, 6.45) is 2.58. The fourth-order valence-corrected chi connectivity index (χ4v) is 3.17. The molecule has 0 aliphatic carbocycles. The maximum absolute atomic E-state index is 13.1. The number of amides is 1. The van der Waals surface area contributed by atoms with Crippen LogP contribution < -0.4 is 10.6 Å². The molecule has 0 bridgehead atoms. The highest BCUT2D eigenvalue weighted by Crippen LogP contribution is 2.35. The molecule has 124 valence electrons. The summed E-state index contributed by atoms with van der Waals surface area (Å²) >= 11 is 0. The number of rotatable bonds is 1. The third kappa shape index (κ3) is 2.74. The van der Waals surface area contributed by atoms with Crippen LogP contribution in [0.3, 0.4) is 0 Å². The molecule has 5 nitrogen and oxygen atoms in total. The van der Waals surface area contributed by atoms with E-state index in [1.807, 2.05) is 42.3 Å². The molecule has 0 radical (unpaired) electrons. The maximum Gasteiger partial charge on any atom is 0.258 e. The Hall–Kier alpha value is -3.21. The summed E-state index contributed by atoms with van der Waals surface area (Å²) in [5.74, 6) is 0.691. The van der Waals surface area contributed by atoms with Gasteiger partial charge in [-0.15, -0.1) is 0 Å². The van der Waals surface area contributed by atoms with Crippen LogP contribution in [0, 0.1) is 6.92 Å². The van der Waals surface area contributed by atoms with E-state index in [1.165, 1.54) is 0 Å². The molecule has 0 saturated carbocycles. The van der Waals surface area contributed by atoms with Crippen LogP contribution >= 0.6 is 0 Å². The first-order valence-corrected chi connectivity index (χ1v) is 8.23. The van der Waals surface area contributed by atoms with Crippen LogP contribution in [0.1, 0.15) is 21.7 Å². The molecule has 0 unspecified atom stereocenters. The third-order valence-corrected chi connectivity index (χ3v) is 4.44. The molecule has 0 fully saturated rings. The van der Waals surface area contributed by atoms with Gasteiger partial charge in [-0.2, -0.15) is 0 Å². The molecule has 0 atom stereocenters. The summed E-state index contributed by atoms with van der Waals surface area (Å²) in [6.45, 7) is 2.46. The van der Waals surface area contributed by atoms with Crippen molar-refractivity contribution >= 4 is 17.3 Å². The Morgan fingerprint density at radius 3 is 2.68 bits per heavy atom. The Morgan fingerprint density at radius 2 is 1.88 bits per heavy atom. The SMILES string of the molecule is Cc1ncc2c(n1)-c1ccccc1N(C(=O)c1ccc(N)cc1)CC2. The highest BCUT2D eigenvalue weighted by molar-refractivity contribution is 6.08. The molecule has 1 aliphatic rings. The van der Waals surface area contributed by atoms with E-state index in [4.69, 9.17) is 5.73 Å². The molecule has 5 heteroatoms. The minimum absolute atomic E-state index is 0.0371. The molecule has 0 spiro atoms. The minimum atomic E-state index is -0.0371. The van der Waals surface area contributed by atoms with Gasteiger partial charge in [-0.05, 0) is 49.2 Å². The van der Waals surface area contributed by atoms with E-state index in [0.717, 1.165) is 28.3 Å². The first-order chi connectivity index (χ1) is 12.1. The van der Waals surface area contributed by atoms with Crippen molar-refractivity contribution in [3.05, 3.63) is 71.7 Å². The van der Waals surface area contributed by atoms with Crippen LogP contribution in [0.15, 0.2) is 54.7 Å². The van der Waals surface area contributed by atoms with E-state index in [0.29, 0.717) is 24.2 Å². The lowest BCUT2D eigenvalue weighted by Crippen LogP contribution is -2.32. The largest absolute Gasteiger partial charge is 0.399 e. The van der Waals surface area contributed by atoms with E-state index in [1.54, 1.807) is 24.3 Å². The van der Waals surface area contributed by atoms with E-state index >= 15 is 0 Å². The van der Waals surface area contributed by atoms with Crippen LogP contribution in [0.5, 0.6) is 0 Å². The zero-order valence-corrected chi connectivity index (χ0v) is 13.9. The second kappa shape index (κ2) is 6.02. The molecule has 1 amide bonds. The summed E-state index contributed by atoms with van der Waals surface area (Å²) < 4.78 is 0. The van der Waals surface area contributed by atoms with Crippen LogP contribution in [0.4, 0.5) is 11.4 Å². The molecule has 3 aromatic rings. The van der Waals surface area contributed by atoms with Crippen LogP contribution in [-0.2, 0) is 6.42 Å². The zero-order chi connectivity index (χ0) is 17.4. The molecule has 1 aromatic heterocycles. The van der Waals surface area contributed by atoms with Crippen LogP contribution in [0.25, 0.3) is 11.3 Å². The van der Waals surface area contributed by atoms with Crippen molar-refractivity contribution in [2.24, 2.45) is 0 Å². The number of fused-ring (bicyclic) bond motifs is 3. The first-order valence-electron chi connectivity index (χ1n) is 8.23. The molecule has 2 aromatic carbocycles. The number of benzene rings is 2. The van der Waals surface area contributed by atoms with Crippen molar-refractivity contribution in [1.29, 1.82) is 0 Å².